The Labute approximate surface area is 441 Å². The molecular formula is C47H45N13O7S6. The number of aromatic nitrogens is 7. The first-order chi connectivity index (χ1) is 35.2. The van der Waals surface area contributed by atoms with Gasteiger partial charge in [0.05, 0.1) is 42.2 Å². The molecule has 26 heteroatoms. The molecule has 0 spiro atoms. The van der Waals surface area contributed by atoms with Crippen LogP contribution in [0.15, 0.2) is 64.0 Å². The first-order valence-electron chi connectivity index (χ1n) is 22.4. The average molecular weight is 1100 g/mol. The van der Waals surface area contributed by atoms with Crippen molar-refractivity contribution in [2.45, 2.75) is 58.0 Å². The number of carbonyl (C=O) groups excluding carboxylic acids is 5. The number of aliphatic hydroxyl groups is 1. The average Bonchev–Trinajstić information content (AvgIpc) is 4.26. The van der Waals surface area contributed by atoms with E-state index in [4.69, 9.17) is 30.4 Å². The van der Waals surface area contributed by atoms with Crippen molar-refractivity contribution in [2.24, 2.45) is 5.92 Å². The van der Waals surface area contributed by atoms with E-state index in [1.807, 2.05) is 31.4 Å². The lowest BCUT2D eigenvalue weighted by molar-refractivity contribution is -0.122. The minimum Gasteiger partial charge on any atom is -0.386 e. The molecule has 0 saturated heterocycles. The Morgan fingerprint density at radius 1 is 0.726 bits per heavy atom. The van der Waals surface area contributed by atoms with Crippen molar-refractivity contribution in [3.05, 3.63) is 111 Å². The number of benzene rings is 1. The third kappa shape index (κ3) is 11.2. The van der Waals surface area contributed by atoms with Crippen LogP contribution < -0.4 is 32.3 Å². The molecule has 8 heterocycles. The van der Waals surface area contributed by atoms with Crippen LogP contribution in [0.2, 0.25) is 0 Å². The van der Waals surface area contributed by atoms with Crippen LogP contribution in [0.3, 0.4) is 0 Å². The van der Waals surface area contributed by atoms with Gasteiger partial charge in [0.1, 0.15) is 82.2 Å². The summed E-state index contributed by atoms with van der Waals surface area (Å²) in [5, 5.41) is 35.5. The van der Waals surface area contributed by atoms with Gasteiger partial charge in [-0.3, -0.25) is 24.0 Å². The van der Waals surface area contributed by atoms with Crippen LogP contribution in [0.5, 0.6) is 0 Å². The number of hydrogen-bond donors (Lipinski definition) is 7. The number of methoxy groups -OCH3 is 1. The van der Waals surface area contributed by atoms with Gasteiger partial charge < -0.3 is 42.2 Å². The second kappa shape index (κ2) is 22.1. The Balaban J connectivity index is 1.13. The molecule has 1 aliphatic heterocycles. The Bertz CT molecular complexity index is 3340. The summed E-state index contributed by atoms with van der Waals surface area (Å²) in [6, 6.07) is 9.76. The lowest BCUT2D eigenvalue weighted by Crippen LogP contribution is -2.40. The molecule has 376 valence electrons. The van der Waals surface area contributed by atoms with Crippen molar-refractivity contribution < 1.29 is 33.8 Å². The number of rotatable bonds is 8. The van der Waals surface area contributed by atoms with Crippen molar-refractivity contribution in [1.29, 1.82) is 0 Å². The molecule has 0 saturated carbocycles. The zero-order chi connectivity index (χ0) is 51.5. The van der Waals surface area contributed by atoms with Gasteiger partial charge in [-0.2, -0.15) is 0 Å². The molecule has 5 amide bonds. The fourth-order valence-electron chi connectivity index (χ4n) is 7.60. The van der Waals surface area contributed by atoms with Crippen LogP contribution in [0.25, 0.3) is 43.4 Å². The van der Waals surface area contributed by atoms with Gasteiger partial charge in [-0.25, -0.2) is 34.9 Å². The number of hydrogen-bond acceptors (Lipinski definition) is 21. The molecule has 7 aromatic heterocycles. The molecule has 8 N–H and O–H groups in total. The number of nitrogens with one attached hydrogen (secondary N) is 5. The van der Waals surface area contributed by atoms with Gasteiger partial charge >= 0.3 is 0 Å². The third-order valence-corrected chi connectivity index (χ3v) is 17.0. The Kier molecular flexibility index (Phi) is 15.5. The second-order valence-electron chi connectivity index (χ2n) is 16.7. The van der Waals surface area contributed by atoms with E-state index >= 15 is 0 Å². The highest BCUT2D eigenvalue weighted by atomic mass is 32.1. The minimum atomic E-state index is -1.24. The maximum atomic E-state index is 14.2. The molecule has 0 unspecified atom stereocenters. The first kappa shape index (κ1) is 51.1. The molecule has 4 atom stereocenters. The highest BCUT2D eigenvalue weighted by Crippen LogP contribution is 2.40. The molecule has 10 bridgehead atoms. The van der Waals surface area contributed by atoms with Crippen molar-refractivity contribution in [1.82, 2.24) is 61.5 Å². The Hall–Kier alpha value is -6.78. The van der Waals surface area contributed by atoms with Crippen LogP contribution in [0.1, 0.15) is 106 Å². The summed E-state index contributed by atoms with van der Waals surface area (Å²) in [7, 11) is 2.96. The minimum absolute atomic E-state index is 0.0147. The predicted octanol–water partition coefficient (Wildman–Crippen LogP) is 6.89. The number of pyridine rings is 1. The number of nitrogen functional groups attached to an aromatic ring is 1. The smallest absolute Gasteiger partial charge is 0.271 e. The van der Waals surface area contributed by atoms with Crippen molar-refractivity contribution >= 4 is 103 Å². The monoisotopic (exact) mass is 1100 g/mol. The summed E-state index contributed by atoms with van der Waals surface area (Å²) in [5.74, 6) is -2.64. The number of fused-ring (bicyclic) bond motifs is 14. The van der Waals surface area contributed by atoms with Gasteiger partial charge in [0.25, 0.3) is 17.7 Å². The highest BCUT2D eigenvalue weighted by molar-refractivity contribution is 7.15. The van der Waals surface area contributed by atoms with E-state index in [9.17, 15) is 29.1 Å². The highest BCUT2D eigenvalue weighted by Gasteiger charge is 2.32. The number of carbonyl (C=O) groups is 5. The van der Waals surface area contributed by atoms with E-state index < -0.39 is 54.4 Å². The Morgan fingerprint density at radius 3 is 2.18 bits per heavy atom. The van der Waals surface area contributed by atoms with E-state index in [0.29, 0.717) is 79.5 Å². The standard InChI is InChI=1S/C47H45N13O7S6/c1-20(2)33-47-60-36(29(73-47)15-67-5)40(65)50-14-32(62)57-37(38(63)22-9-7-6-8-10-22)46-55-28(18-70-46)44-53-26(16-69-44)35-23(11-12-24(51-35)43-56-30(48)19-71-43)42-54-27(17-68-42)39(64)52-25(13-31(61)49-4)45-59-34(21(3)72-45)41(66)58-33/h6-12,16-20,25,33,37-38,63H,13-15,48H2,1-5H3,(H,49,61)(H,50,65)(H,52,64)(H,57,62)(H,58,66)/t25-,33-,37-,38-/m0/s1. The zero-order valence-corrected chi connectivity index (χ0v) is 44.3. The number of aryl methyl sites for hydroxylation is 1. The van der Waals surface area contributed by atoms with E-state index in [1.54, 1.807) is 53.4 Å². The van der Waals surface area contributed by atoms with Gasteiger partial charge in [-0.15, -0.1) is 68.0 Å². The van der Waals surface area contributed by atoms with Crippen LogP contribution >= 0.6 is 68.0 Å². The van der Waals surface area contributed by atoms with Gasteiger partial charge in [0, 0.05) is 46.1 Å². The van der Waals surface area contributed by atoms with Gasteiger partial charge in [-0.05, 0) is 30.5 Å². The number of ether oxygens (including phenoxy) is 1. The quantitative estimate of drug-likeness (QED) is 0.0815. The van der Waals surface area contributed by atoms with Crippen molar-refractivity contribution in [3.8, 4) is 43.4 Å². The third-order valence-electron chi connectivity index (χ3n) is 11.3. The molecule has 0 radical (unpaired) electrons. The lowest BCUT2D eigenvalue weighted by Gasteiger charge is -2.23. The molecule has 9 rings (SSSR count). The fourth-order valence-corrected chi connectivity index (χ4v) is 13.0. The molecule has 0 fully saturated rings. The SMILES string of the molecule is CNC(=O)C[C@@H]1NC(=O)c2csc(n2)-c2ccc(-c3nc(N)cs3)nc2-c2csc(n2)-c2csc(n2)[C@H]([C@@H](O)c2ccccc2)NC(=O)CNC(=O)c2nc(sc2COC)[C@H](C(C)C)NC(=O)c2nc1sc2C. The summed E-state index contributed by atoms with van der Waals surface area (Å²) >= 11 is 7.40. The van der Waals surface area contributed by atoms with Gasteiger partial charge in [0.15, 0.2) is 0 Å². The Morgan fingerprint density at radius 2 is 1.44 bits per heavy atom. The molecule has 1 aromatic carbocycles. The predicted molar refractivity (Wildman–Crippen MR) is 281 cm³/mol. The summed E-state index contributed by atoms with van der Waals surface area (Å²) in [5.41, 5.74) is 9.16. The van der Waals surface area contributed by atoms with Crippen LogP contribution in [-0.4, -0.2) is 90.2 Å². The largest absolute Gasteiger partial charge is 0.386 e. The molecule has 8 aromatic rings. The summed E-state index contributed by atoms with van der Waals surface area (Å²) in [4.78, 5) is 103. The molecule has 0 aliphatic carbocycles. The van der Waals surface area contributed by atoms with Crippen LogP contribution in [-0.2, 0) is 20.9 Å². The molecular weight excluding hydrogens is 1050 g/mol. The maximum Gasteiger partial charge on any atom is 0.271 e. The van der Waals surface area contributed by atoms with Gasteiger partial charge in [0.2, 0.25) is 11.8 Å². The summed E-state index contributed by atoms with van der Waals surface area (Å²) in [6.07, 6.45) is -1.43. The number of aliphatic hydroxyl groups excluding tert-OH is 1. The van der Waals surface area contributed by atoms with Crippen LogP contribution in [0.4, 0.5) is 5.82 Å². The number of nitrogens with zero attached hydrogens (tertiary/aromatic N) is 7. The topological polar surface area (TPSA) is 291 Å². The van der Waals surface area contributed by atoms with Crippen molar-refractivity contribution in [3.63, 3.8) is 0 Å². The number of nitrogens with two attached hydrogens (primary N) is 1. The fraction of sp³-hybridized carbons (Fsp3) is 0.277. The van der Waals surface area contributed by atoms with E-state index in [0.717, 1.165) is 11.3 Å². The second-order valence-corrected chi connectivity index (χ2v) is 22.5. The zero-order valence-electron chi connectivity index (χ0n) is 39.4. The van der Waals surface area contributed by atoms with Crippen LogP contribution in [0, 0.1) is 12.8 Å². The van der Waals surface area contributed by atoms with E-state index in [2.05, 4.69) is 41.5 Å². The van der Waals surface area contributed by atoms with E-state index in [-0.39, 0.29) is 41.9 Å². The van der Waals surface area contributed by atoms with Crippen molar-refractivity contribution in [2.75, 3.05) is 26.4 Å². The lowest BCUT2D eigenvalue weighted by atomic mass is 10.0. The molecule has 73 heavy (non-hydrogen) atoms. The molecule has 20 nitrogen and oxygen atoms in total. The van der Waals surface area contributed by atoms with E-state index in [1.165, 1.54) is 70.8 Å². The first-order valence-corrected chi connectivity index (χ1v) is 27.5. The summed E-state index contributed by atoms with van der Waals surface area (Å²) in [6.45, 7) is 5.04. The number of anilines is 1. The number of amides is 5. The number of thiazole rings is 6. The molecule has 1 aliphatic rings. The summed E-state index contributed by atoms with van der Waals surface area (Å²) < 4.78 is 5.44. The van der Waals surface area contributed by atoms with Gasteiger partial charge in [-0.1, -0.05) is 44.2 Å². The maximum absolute atomic E-state index is 14.2. The normalized spacial score (nSPS) is 17.1.